The molecule has 0 aromatic heterocycles. The van der Waals surface area contributed by atoms with Gasteiger partial charge < -0.3 is 23.8 Å². The lowest BCUT2D eigenvalue weighted by atomic mass is 10.1. The normalized spacial score (nSPS) is 10.3. The Morgan fingerprint density at radius 2 is 1.56 bits per heavy atom. The van der Waals surface area contributed by atoms with Crippen molar-refractivity contribution < 1.29 is 23.7 Å². The van der Waals surface area contributed by atoms with Crippen LogP contribution in [0.25, 0.3) is 0 Å². The van der Waals surface area contributed by atoms with Crippen molar-refractivity contribution in [2.75, 3.05) is 41.5 Å². The van der Waals surface area contributed by atoms with Gasteiger partial charge in [-0.2, -0.15) is 0 Å². The van der Waals surface area contributed by atoms with Crippen LogP contribution in [0.1, 0.15) is 11.1 Å². The first kappa shape index (κ1) is 20.4. The van der Waals surface area contributed by atoms with Gasteiger partial charge in [0.2, 0.25) is 11.7 Å². The van der Waals surface area contributed by atoms with Crippen LogP contribution in [0, 0.1) is 6.92 Å². The lowest BCUT2D eigenvalue weighted by molar-refractivity contribution is -0.129. The Hall–Kier alpha value is -2.89. The van der Waals surface area contributed by atoms with Gasteiger partial charge in [0.1, 0.15) is 12.4 Å². The van der Waals surface area contributed by atoms with Crippen LogP contribution in [0.4, 0.5) is 0 Å². The van der Waals surface area contributed by atoms with Crippen LogP contribution in [0.3, 0.4) is 0 Å². The molecule has 0 unspecified atom stereocenters. The zero-order valence-corrected chi connectivity index (χ0v) is 16.6. The van der Waals surface area contributed by atoms with Crippen LogP contribution in [-0.2, 0) is 11.2 Å². The van der Waals surface area contributed by atoms with Crippen molar-refractivity contribution in [1.82, 2.24) is 4.90 Å². The summed E-state index contributed by atoms with van der Waals surface area (Å²) < 4.78 is 21.7. The number of carbonyl (C=O) groups excluding carboxylic acids is 1. The lowest BCUT2D eigenvalue weighted by Crippen LogP contribution is -2.32. The molecule has 0 aliphatic rings. The molecule has 6 heteroatoms. The summed E-state index contributed by atoms with van der Waals surface area (Å²) in [6, 6.07) is 11.4. The predicted molar refractivity (Wildman–Crippen MR) is 104 cm³/mol. The van der Waals surface area contributed by atoms with Crippen molar-refractivity contribution in [1.29, 1.82) is 0 Å². The first-order chi connectivity index (χ1) is 13.0. The van der Waals surface area contributed by atoms with E-state index in [-0.39, 0.29) is 12.3 Å². The summed E-state index contributed by atoms with van der Waals surface area (Å²) in [6.45, 7) is 2.96. The molecule has 0 fully saturated rings. The van der Waals surface area contributed by atoms with E-state index in [2.05, 4.69) is 0 Å². The van der Waals surface area contributed by atoms with Crippen LogP contribution in [0.2, 0.25) is 0 Å². The van der Waals surface area contributed by atoms with Crippen molar-refractivity contribution in [3.63, 3.8) is 0 Å². The summed E-state index contributed by atoms with van der Waals surface area (Å²) in [5.41, 5.74) is 1.97. The summed E-state index contributed by atoms with van der Waals surface area (Å²) in [5.74, 6) is 2.36. The summed E-state index contributed by atoms with van der Waals surface area (Å²) in [6.07, 6.45) is 0.234. The second-order valence-electron chi connectivity index (χ2n) is 6.19. The topological polar surface area (TPSA) is 57.2 Å². The number of hydrogen-bond donors (Lipinski definition) is 0. The molecule has 0 aliphatic carbocycles. The Bertz CT molecular complexity index is 733. The van der Waals surface area contributed by atoms with Gasteiger partial charge in [0.05, 0.1) is 34.3 Å². The van der Waals surface area contributed by atoms with E-state index in [0.29, 0.717) is 30.4 Å². The number of carbonyl (C=O) groups is 1. The maximum Gasteiger partial charge on any atom is 0.226 e. The number of amides is 1. The summed E-state index contributed by atoms with van der Waals surface area (Å²) >= 11 is 0. The Kier molecular flexibility index (Phi) is 7.34. The van der Waals surface area contributed by atoms with Crippen LogP contribution in [0.5, 0.6) is 23.0 Å². The van der Waals surface area contributed by atoms with Crippen molar-refractivity contribution in [3.8, 4) is 23.0 Å². The van der Waals surface area contributed by atoms with E-state index in [0.717, 1.165) is 11.3 Å². The molecular weight excluding hydrogens is 346 g/mol. The SMILES string of the molecule is COc1cc(CC(=O)N(C)CCOc2ccc(C)cc2)cc(OC)c1OC. The zero-order chi connectivity index (χ0) is 19.8. The zero-order valence-electron chi connectivity index (χ0n) is 16.6. The lowest BCUT2D eigenvalue weighted by Gasteiger charge is -2.19. The quantitative estimate of drug-likeness (QED) is 0.676. The molecule has 2 aromatic carbocycles. The number of nitrogens with zero attached hydrogens (tertiary/aromatic N) is 1. The van der Waals surface area contributed by atoms with Crippen LogP contribution < -0.4 is 18.9 Å². The van der Waals surface area contributed by atoms with Crippen LogP contribution >= 0.6 is 0 Å². The molecule has 0 aliphatic heterocycles. The molecule has 6 nitrogen and oxygen atoms in total. The molecule has 2 aromatic rings. The van der Waals surface area contributed by atoms with Crippen molar-refractivity contribution in [3.05, 3.63) is 47.5 Å². The molecule has 27 heavy (non-hydrogen) atoms. The molecule has 0 atom stereocenters. The van der Waals surface area contributed by atoms with Crippen LogP contribution in [0.15, 0.2) is 36.4 Å². The first-order valence-corrected chi connectivity index (χ1v) is 8.70. The van der Waals surface area contributed by atoms with E-state index in [1.54, 1.807) is 45.4 Å². The van der Waals surface area contributed by atoms with E-state index in [1.807, 2.05) is 31.2 Å². The molecular formula is C21H27NO5. The molecule has 0 bridgehead atoms. The number of likely N-dealkylation sites (N-methyl/N-ethyl adjacent to an activating group) is 1. The van der Waals surface area contributed by atoms with Crippen molar-refractivity contribution >= 4 is 5.91 Å². The van der Waals surface area contributed by atoms with Gasteiger partial charge in [0.25, 0.3) is 0 Å². The molecule has 0 N–H and O–H groups in total. The minimum Gasteiger partial charge on any atom is -0.493 e. The highest BCUT2D eigenvalue weighted by Gasteiger charge is 2.16. The summed E-state index contributed by atoms with van der Waals surface area (Å²) in [4.78, 5) is 14.2. The summed E-state index contributed by atoms with van der Waals surface area (Å²) in [7, 11) is 6.42. The third-order valence-electron chi connectivity index (χ3n) is 4.22. The monoisotopic (exact) mass is 373 g/mol. The third kappa shape index (κ3) is 5.54. The standard InChI is InChI=1S/C21H27NO5/c1-15-6-8-17(9-7-15)27-11-10-22(2)20(23)14-16-12-18(24-3)21(26-5)19(13-16)25-4/h6-9,12-13H,10-11,14H2,1-5H3. The van der Waals surface area contributed by atoms with Gasteiger partial charge in [-0.15, -0.1) is 0 Å². The van der Waals surface area contributed by atoms with Gasteiger partial charge in [-0.25, -0.2) is 0 Å². The van der Waals surface area contributed by atoms with E-state index < -0.39 is 0 Å². The maximum absolute atomic E-state index is 12.5. The fourth-order valence-electron chi connectivity index (χ4n) is 2.61. The minimum atomic E-state index is -0.0169. The van der Waals surface area contributed by atoms with Crippen LogP contribution in [-0.4, -0.2) is 52.3 Å². The first-order valence-electron chi connectivity index (χ1n) is 8.70. The van der Waals surface area contributed by atoms with Gasteiger partial charge in [0, 0.05) is 7.05 Å². The maximum atomic E-state index is 12.5. The number of aryl methyl sites for hydroxylation is 1. The number of benzene rings is 2. The second-order valence-corrected chi connectivity index (χ2v) is 6.19. The molecule has 146 valence electrons. The van der Waals surface area contributed by atoms with Gasteiger partial charge >= 0.3 is 0 Å². The summed E-state index contributed by atoms with van der Waals surface area (Å²) in [5, 5.41) is 0. The molecule has 0 heterocycles. The highest BCUT2D eigenvalue weighted by atomic mass is 16.5. The Labute approximate surface area is 160 Å². The smallest absolute Gasteiger partial charge is 0.226 e. The van der Waals surface area contributed by atoms with E-state index in [4.69, 9.17) is 18.9 Å². The Balaban J connectivity index is 1.94. The largest absolute Gasteiger partial charge is 0.493 e. The van der Waals surface area contributed by atoms with Crippen molar-refractivity contribution in [2.45, 2.75) is 13.3 Å². The number of hydrogen-bond acceptors (Lipinski definition) is 5. The molecule has 0 saturated carbocycles. The molecule has 0 saturated heterocycles. The molecule has 0 radical (unpaired) electrons. The number of ether oxygens (including phenoxy) is 4. The van der Waals surface area contributed by atoms with E-state index >= 15 is 0 Å². The van der Waals surface area contributed by atoms with Gasteiger partial charge in [0.15, 0.2) is 11.5 Å². The fraction of sp³-hybridized carbons (Fsp3) is 0.381. The minimum absolute atomic E-state index is 0.0169. The highest BCUT2D eigenvalue weighted by molar-refractivity contribution is 5.79. The average molecular weight is 373 g/mol. The van der Waals surface area contributed by atoms with Gasteiger partial charge in [-0.05, 0) is 36.8 Å². The Morgan fingerprint density at radius 1 is 0.963 bits per heavy atom. The van der Waals surface area contributed by atoms with E-state index in [9.17, 15) is 4.79 Å². The fourth-order valence-corrected chi connectivity index (χ4v) is 2.61. The molecule has 0 spiro atoms. The second kappa shape index (κ2) is 9.71. The van der Waals surface area contributed by atoms with Crippen molar-refractivity contribution in [2.24, 2.45) is 0 Å². The highest BCUT2D eigenvalue weighted by Crippen LogP contribution is 2.38. The number of methoxy groups -OCH3 is 3. The van der Waals surface area contributed by atoms with Gasteiger partial charge in [-0.3, -0.25) is 4.79 Å². The molecule has 2 rings (SSSR count). The average Bonchev–Trinajstić information content (AvgIpc) is 2.68. The predicted octanol–water partition coefficient (Wildman–Crippen LogP) is 3.10. The number of rotatable bonds is 9. The molecule has 1 amide bonds. The third-order valence-corrected chi connectivity index (χ3v) is 4.22. The Morgan fingerprint density at radius 3 is 2.07 bits per heavy atom. The van der Waals surface area contributed by atoms with Gasteiger partial charge in [-0.1, -0.05) is 17.7 Å². The van der Waals surface area contributed by atoms with E-state index in [1.165, 1.54) is 5.56 Å².